The maximum atomic E-state index is 13.5. The lowest BCUT2D eigenvalue weighted by Gasteiger charge is -2.11. The fourth-order valence-corrected chi connectivity index (χ4v) is 3.25. The Hall–Kier alpha value is -0.920. The Kier molecular flexibility index (Phi) is 5.95. The van der Waals surface area contributed by atoms with E-state index in [1.54, 1.807) is 0 Å². The van der Waals surface area contributed by atoms with Crippen LogP contribution in [0.5, 0.6) is 0 Å². The van der Waals surface area contributed by atoms with Gasteiger partial charge in [0, 0.05) is 17.2 Å². The van der Waals surface area contributed by atoms with Crippen molar-refractivity contribution in [2.45, 2.75) is 25.2 Å². The molecule has 0 bridgehead atoms. The molecule has 4 nitrogen and oxygen atoms in total. The Morgan fingerprint density at radius 3 is 2.43 bits per heavy atom. The molecule has 1 rings (SSSR count). The highest BCUT2D eigenvalue weighted by Crippen LogP contribution is 2.32. The van der Waals surface area contributed by atoms with Crippen molar-refractivity contribution < 1.29 is 22.0 Å². The minimum atomic E-state index is -4.63. The van der Waals surface area contributed by atoms with Gasteiger partial charge in [0.25, 0.3) is 15.0 Å². The average Bonchev–Trinajstić information content (AvgIpc) is 2.31. The van der Waals surface area contributed by atoms with Gasteiger partial charge in [-0.2, -0.15) is 0 Å². The topological polar surface area (TPSA) is 63.2 Å². The van der Waals surface area contributed by atoms with Crippen LogP contribution in [0.15, 0.2) is 11.0 Å². The highest BCUT2D eigenvalue weighted by Gasteiger charge is 2.28. The summed E-state index contributed by atoms with van der Waals surface area (Å²) in [7, 11) is 0.382. The summed E-state index contributed by atoms with van der Waals surface area (Å²) in [5.74, 6) is -3.72. The molecule has 0 aliphatic heterocycles. The van der Waals surface area contributed by atoms with Gasteiger partial charge in [0.2, 0.25) is 0 Å². The summed E-state index contributed by atoms with van der Waals surface area (Å²) in [6, 6.07) is 0.536. The number of rotatable bonds is 5. The Labute approximate surface area is 130 Å². The molecule has 1 amide bonds. The first-order valence-electron chi connectivity index (χ1n) is 5.96. The van der Waals surface area contributed by atoms with Crippen molar-refractivity contribution >= 4 is 37.2 Å². The van der Waals surface area contributed by atoms with Gasteiger partial charge in [-0.05, 0) is 18.4 Å². The number of nitrogens with one attached hydrogen (secondary N) is 1. The van der Waals surface area contributed by atoms with Crippen LogP contribution < -0.4 is 5.32 Å². The third kappa shape index (κ3) is 4.52. The van der Waals surface area contributed by atoms with Crippen LogP contribution in [0.3, 0.4) is 0 Å². The number of carbonyl (C=O) groups excluding carboxylic acids is 1. The van der Waals surface area contributed by atoms with Gasteiger partial charge < -0.3 is 5.32 Å². The number of hydrogen-bond donors (Lipinski definition) is 1. The first-order chi connectivity index (χ1) is 9.55. The van der Waals surface area contributed by atoms with E-state index in [1.807, 2.05) is 13.8 Å². The minimum Gasteiger partial charge on any atom is -0.352 e. The van der Waals surface area contributed by atoms with E-state index in [-0.39, 0.29) is 6.54 Å². The van der Waals surface area contributed by atoms with Gasteiger partial charge in [-0.25, -0.2) is 17.2 Å². The zero-order valence-corrected chi connectivity index (χ0v) is 13.5. The molecule has 0 aliphatic carbocycles. The Morgan fingerprint density at radius 2 is 1.95 bits per heavy atom. The zero-order valence-electron chi connectivity index (χ0n) is 11.2. The smallest absolute Gasteiger partial charge is 0.265 e. The van der Waals surface area contributed by atoms with Crippen molar-refractivity contribution in [2.75, 3.05) is 6.54 Å². The monoisotopic (exact) mass is 359 g/mol. The van der Waals surface area contributed by atoms with Gasteiger partial charge in [-0.1, -0.05) is 25.4 Å². The summed E-state index contributed by atoms with van der Waals surface area (Å²) < 4.78 is 49.4. The fraction of sp³-hybridized carbons (Fsp3) is 0.417. The predicted octanol–water partition coefficient (Wildman–Crippen LogP) is 3.32. The summed E-state index contributed by atoms with van der Waals surface area (Å²) in [6.45, 7) is 4.17. The number of benzene rings is 1. The van der Waals surface area contributed by atoms with E-state index in [1.165, 1.54) is 0 Å². The maximum Gasteiger partial charge on any atom is 0.265 e. The predicted molar refractivity (Wildman–Crippen MR) is 76.2 cm³/mol. The van der Waals surface area contributed by atoms with Crippen LogP contribution >= 0.6 is 22.3 Å². The van der Waals surface area contributed by atoms with Crippen molar-refractivity contribution in [1.82, 2.24) is 5.32 Å². The standard InChI is InChI=1S/C12H13Cl2F2NO3S/c1-6(2)3-4-17-12(18)7-5-8(15)10(16)11(9(7)13)21(14,19)20/h5-6H,3-4H2,1-2H3,(H,17,18). The first-order valence-corrected chi connectivity index (χ1v) is 8.64. The molecule has 0 radical (unpaired) electrons. The van der Waals surface area contributed by atoms with Crippen molar-refractivity contribution in [3.05, 3.63) is 28.3 Å². The molecule has 0 saturated carbocycles. The van der Waals surface area contributed by atoms with Crippen molar-refractivity contribution in [3.8, 4) is 0 Å². The van der Waals surface area contributed by atoms with E-state index in [0.29, 0.717) is 18.4 Å². The summed E-state index contributed by atoms with van der Waals surface area (Å²) >= 11 is 5.68. The van der Waals surface area contributed by atoms with E-state index in [9.17, 15) is 22.0 Å². The third-order valence-corrected chi connectivity index (χ3v) is 4.45. The Morgan fingerprint density at radius 1 is 1.38 bits per heavy atom. The molecule has 1 aromatic rings. The second kappa shape index (κ2) is 6.89. The van der Waals surface area contributed by atoms with Gasteiger partial charge in [0.1, 0.15) is 4.90 Å². The highest BCUT2D eigenvalue weighted by molar-refractivity contribution is 8.13. The van der Waals surface area contributed by atoms with Crippen molar-refractivity contribution in [1.29, 1.82) is 0 Å². The van der Waals surface area contributed by atoms with Gasteiger partial charge in [-0.3, -0.25) is 4.79 Å². The minimum absolute atomic E-state index is 0.286. The van der Waals surface area contributed by atoms with Gasteiger partial charge in [0.05, 0.1) is 10.6 Å². The van der Waals surface area contributed by atoms with Crippen LogP contribution in [-0.4, -0.2) is 20.9 Å². The van der Waals surface area contributed by atoms with Crippen molar-refractivity contribution in [2.24, 2.45) is 5.92 Å². The number of halogens is 4. The SMILES string of the molecule is CC(C)CCNC(=O)c1cc(F)c(F)c(S(=O)(=O)Cl)c1Cl. The molecular weight excluding hydrogens is 347 g/mol. The van der Waals surface area contributed by atoms with Crippen LogP contribution in [0.1, 0.15) is 30.6 Å². The van der Waals surface area contributed by atoms with Crippen molar-refractivity contribution in [3.63, 3.8) is 0 Å². The van der Waals surface area contributed by atoms with E-state index >= 15 is 0 Å². The van der Waals surface area contributed by atoms with Crippen LogP contribution in [0, 0.1) is 17.6 Å². The second-order valence-electron chi connectivity index (χ2n) is 4.74. The lowest BCUT2D eigenvalue weighted by molar-refractivity contribution is 0.0951. The second-order valence-corrected chi connectivity index (χ2v) is 7.62. The summed E-state index contributed by atoms with van der Waals surface area (Å²) in [4.78, 5) is 10.6. The van der Waals surface area contributed by atoms with E-state index in [4.69, 9.17) is 22.3 Å². The van der Waals surface area contributed by atoms with Gasteiger partial charge >= 0.3 is 0 Å². The molecule has 0 atom stereocenters. The van der Waals surface area contributed by atoms with Gasteiger partial charge in [-0.15, -0.1) is 0 Å². The van der Waals surface area contributed by atoms with E-state index in [2.05, 4.69) is 5.32 Å². The molecule has 1 aromatic carbocycles. The van der Waals surface area contributed by atoms with Gasteiger partial charge in [0.15, 0.2) is 11.6 Å². The molecule has 0 fully saturated rings. The van der Waals surface area contributed by atoms with Crippen LogP contribution in [0.2, 0.25) is 5.02 Å². The quantitative estimate of drug-likeness (QED) is 0.647. The van der Waals surface area contributed by atoms with Crippen LogP contribution in [-0.2, 0) is 9.05 Å². The molecule has 0 saturated heterocycles. The largest absolute Gasteiger partial charge is 0.352 e. The molecule has 0 unspecified atom stereocenters. The first kappa shape index (κ1) is 18.1. The molecule has 9 heteroatoms. The molecule has 0 aromatic heterocycles. The lowest BCUT2D eigenvalue weighted by atomic mass is 10.1. The molecule has 118 valence electrons. The summed E-state index contributed by atoms with van der Waals surface area (Å²) in [6.07, 6.45) is 0.660. The highest BCUT2D eigenvalue weighted by atomic mass is 35.7. The normalized spacial score (nSPS) is 11.8. The Bertz CT molecular complexity index is 663. The number of carbonyl (C=O) groups is 1. The molecule has 0 aliphatic rings. The van der Waals surface area contributed by atoms with E-state index in [0.717, 1.165) is 0 Å². The van der Waals surface area contributed by atoms with Crippen LogP contribution in [0.25, 0.3) is 0 Å². The lowest BCUT2D eigenvalue weighted by Crippen LogP contribution is -2.26. The molecule has 0 spiro atoms. The number of hydrogen-bond acceptors (Lipinski definition) is 3. The molecule has 0 heterocycles. The molecular formula is C12H13Cl2F2NO3S. The molecule has 21 heavy (non-hydrogen) atoms. The van der Waals surface area contributed by atoms with E-state index < -0.39 is 42.1 Å². The molecule has 1 N–H and O–H groups in total. The summed E-state index contributed by atoms with van der Waals surface area (Å²) in [5, 5.41) is 1.70. The number of amides is 1. The Balaban J connectivity index is 3.21. The van der Waals surface area contributed by atoms with Crippen LogP contribution in [0.4, 0.5) is 8.78 Å². The average molecular weight is 360 g/mol. The maximum absolute atomic E-state index is 13.5. The zero-order chi connectivity index (χ0) is 16.4. The third-order valence-electron chi connectivity index (χ3n) is 2.61. The summed E-state index contributed by atoms with van der Waals surface area (Å²) in [5.41, 5.74) is -0.487. The fourth-order valence-electron chi connectivity index (χ4n) is 1.53.